The zero-order chi connectivity index (χ0) is 15.8. The van der Waals surface area contributed by atoms with Crippen LogP contribution >= 0.6 is 11.8 Å². The molecule has 0 aliphatic carbocycles. The number of thioether (sulfide) groups is 1. The molecule has 0 unspecified atom stereocenters. The second-order valence-electron chi connectivity index (χ2n) is 4.67. The van der Waals surface area contributed by atoms with Crippen LogP contribution in [0.2, 0.25) is 0 Å². The number of hydrogen-bond acceptors (Lipinski definition) is 5. The number of aryl methyl sites for hydroxylation is 1. The van der Waals surface area contributed by atoms with Crippen molar-refractivity contribution in [2.45, 2.75) is 12.1 Å². The van der Waals surface area contributed by atoms with Gasteiger partial charge in [-0.05, 0) is 13.0 Å². The van der Waals surface area contributed by atoms with Crippen LogP contribution in [0.4, 0.5) is 0 Å². The van der Waals surface area contributed by atoms with Gasteiger partial charge >= 0.3 is 0 Å². The van der Waals surface area contributed by atoms with Crippen molar-refractivity contribution < 1.29 is 9.53 Å². The summed E-state index contributed by atoms with van der Waals surface area (Å²) in [5.74, 6) is 0.245. The highest BCUT2D eigenvalue weighted by molar-refractivity contribution is 7.99. The fourth-order valence-corrected chi connectivity index (χ4v) is 2.57. The second-order valence-corrected chi connectivity index (χ2v) is 5.62. The van der Waals surface area contributed by atoms with Crippen molar-refractivity contribution in [1.29, 1.82) is 0 Å². The van der Waals surface area contributed by atoms with E-state index in [1.807, 2.05) is 43.3 Å². The Morgan fingerprint density at radius 2 is 2.05 bits per heavy atom. The number of nitrogens with zero attached hydrogens (tertiary/aromatic N) is 2. The van der Waals surface area contributed by atoms with E-state index in [0.29, 0.717) is 24.1 Å². The molecule has 0 saturated carbocycles. The van der Waals surface area contributed by atoms with Crippen molar-refractivity contribution in [1.82, 2.24) is 15.3 Å². The van der Waals surface area contributed by atoms with Crippen LogP contribution in [0.5, 0.6) is 0 Å². The molecule has 0 radical (unpaired) electrons. The first-order valence-corrected chi connectivity index (χ1v) is 7.97. The van der Waals surface area contributed by atoms with Crippen LogP contribution in [-0.4, -0.2) is 41.9 Å². The van der Waals surface area contributed by atoms with Crippen LogP contribution in [-0.2, 0) is 9.53 Å². The van der Waals surface area contributed by atoms with Gasteiger partial charge in [0.25, 0.3) is 0 Å². The van der Waals surface area contributed by atoms with Crippen molar-refractivity contribution in [3.05, 3.63) is 42.1 Å². The minimum Gasteiger partial charge on any atom is -0.383 e. The molecule has 0 fully saturated rings. The lowest BCUT2D eigenvalue weighted by Crippen LogP contribution is -2.28. The minimum atomic E-state index is -0.0478. The Morgan fingerprint density at radius 1 is 1.27 bits per heavy atom. The summed E-state index contributed by atoms with van der Waals surface area (Å²) in [6.45, 7) is 2.95. The number of nitrogens with one attached hydrogen (secondary N) is 1. The van der Waals surface area contributed by atoms with E-state index in [2.05, 4.69) is 15.3 Å². The minimum absolute atomic E-state index is 0.0478. The molecule has 0 aliphatic rings. The summed E-state index contributed by atoms with van der Waals surface area (Å²) in [6.07, 6.45) is 0. The lowest BCUT2D eigenvalue weighted by atomic mass is 10.1. The highest BCUT2D eigenvalue weighted by Crippen LogP contribution is 2.21. The molecule has 1 amide bonds. The fraction of sp³-hybridized carbons (Fsp3) is 0.312. The number of carbonyl (C=O) groups excluding carboxylic acids is 1. The summed E-state index contributed by atoms with van der Waals surface area (Å²) in [5, 5.41) is 3.39. The van der Waals surface area contributed by atoms with E-state index >= 15 is 0 Å². The first-order chi connectivity index (χ1) is 10.7. The summed E-state index contributed by atoms with van der Waals surface area (Å²) in [4.78, 5) is 20.6. The normalized spacial score (nSPS) is 10.5. The third-order valence-electron chi connectivity index (χ3n) is 2.86. The maximum atomic E-state index is 11.7. The number of rotatable bonds is 7. The first kappa shape index (κ1) is 16.5. The van der Waals surface area contributed by atoms with Gasteiger partial charge in [0.1, 0.15) is 0 Å². The van der Waals surface area contributed by atoms with Gasteiger partial charge in [0.05, 0.1) is 18.1 Å². The van der Waals surface area contributed by atoms with Gasteiger partial charge in [0.2, 0.25) is 5.91 Å². The van der Waals surface area contributed by atoms with Crippen LogP contribution in [0, 0.1) is 6.92 Å². The maximum absolute atomic E-state index is 11.7. The van der Waals surface area contributed by atoms with Gasteiger partial charge in [-0.2, -0.15) is 0 Å². The van der Waals surface area contributed by atoms with E-state index in [-0.39, 0.29) is 5.91 Å². The van der Waals surface area contributed by atoms with Gasteiger partial charge in [-0.1, -0.05) is 42.1 Å². The fourth-order valence-electron chi connectivity index (χ4n) is 1.84. The van der Waals surface area contributed by atoms with E-state index in [0.717, 1.165) is 17.0 Å². The van der Waals surface area contributed by atoms with E-state index in [1.165, 1.54) is 11.8 Å². The van der Waals surface area contributed by atoms with Crippen LogP contribution in [0.1, 0.15) is 5.69 Å². The van der Waals surface area contributed by atoms with Gasteiger partial charge in [-0.3, -0.25) is 4.79 Å². The van der Waals surface area contributed by atoms with Crippen molar-refractivity contribution in [2.75, 3.05) is 26.0 Å². The molecule has 1 heterocycles. The van der Waals surface area contributed by atoms with Crippen molar-refractivity contribution >= 4 is 17.7 Å². The molecular weight excluding hydrogens is 298 g/mol. The number of carbonyl (C=O) groups is 1. The molecule has 1 N–H and O–H groups in total. The molecule has 0 atom stereocenters. The lowest BCUT2D eigenvalue weighted by molar-refractivity contribution is -0.118. The molecule has 2 rings (SSSR count). The molecule has 0 aliphatic heterocycles. The number of amides is 1. The molecule has 116 valence electrons. The molecule has 22 heavy (non-hydrogen) atoms. The summed E-state index contributed by atoms with van der Waals surface area (Å²) < 4.78 is 4.89. The Bertz CT molecular complexity index is 620. The van der Waals surface area contributed by atoms with Crippen molar-refractivity contribution in [3.63, 3.8) is 0 Å². The smallest absolute Gasteiger partial charge is 0.230 e. The monoisotopic (exact) mass is 317 g/mol. The molecule has 0 spiro atoms. The molecular formula is C16H19N3O2S. The molecule has 0 saturated heterocycles. The number of benzene rings is 1. The summed E-state index contributed by atoms with van der Waals surface area (Å²) >= 11 is 1.33. The summed E-state index contributed by atoms with van der Waals surface area (Å²) in [5.41, 5.74) is 2.80. The number of hydrogen-bond donors (Lipinski definition) is 1. The van der Waals surface area contributed by atoms with E-state index in [4.69, 9.17) is 4.74 Å². The van der Waals surface area contributed by atoms with Gasteiger partial charge in [-0.25, -0.2) is 9.97 Å². The Balaban J connectivity index is 2.00. The van der Waals surface area contributed by atoms with Crippen LogP contribution < -0.4 is 5.32 Å². The van der Waals surface area contributed by atoms with Gasteiger partial charge in [-0.15, -0.1) is 0 Å². The quantitative estimate of drug-likeness (QED) is 0.482. The first-order valence-electron chi connectivity index (χ1n) is 6.98. The Morgan fingerprint density at radius 3 is 2.77 bits per heavy atom. The van der Waals surface area contributed by atoms with Crippen LogP contribution in [0.25, 0.3) is 11.3 Å². The zero-order valence-corrected chi connectivity index (χ0v) is 13.5. The summed E-state index contributed by atoms with van der Waals surface area (Å²) in [7, 11) is 1.60. The Labute approximate surface area is 134 Å². The zero-order valence-electron chi connectivity index (χ0n) is 12.7. The third kappa shape index (κ3) is 5.13. The highest BCUT2D eigenvalue weighted by atomic mass is 32.2. The lowest BCUT2D eigenvalue weighted by Gasteiger charge is -2.06. The molecule has 2 aromatic rings. The van der Waals surface area contributed by atoms with Crippen molar-refractivity contribution in [3.8, 4) is 11.3 Å². The van der Waals surface area contributed by atoms with Crippen LogP contribution in [0.3, 0.4) is 0 Å². The molecule has 1 aromatic carbocycles. The SMILES string of the molecule is COCCNC(=O)CSc1nc(C)cc(-c2ccccc2)n1. The van der Waals surface area contributed by atoms with Crippen molar-refractivity contribution in [2.24, 2.45) is 0 Å². The Hall–Kier alpha value is -1.92. The largest absolute Gasteiger partial charge is 0.383 e. The molecule has 5 nitrogen and oxygen atoms in total. The maximum Gasteiger partial charge on any atom is 0.230 e. The number of aromatic nitrogens is 2. The van der Waals surface area contributed by atoms with Gasteiger partial charge in [0.15, 0.2) is 5.16 Å². The number of methoxy groups -OCH3 is 1. The summed E-state index contributed by atoms with van der Waals surface area (Å²) in [6, 6.07) is 11.9. The standard InChI is InChI=1S/C16H19N3O2S/c1-12-10-14(13-6-4-3-5-7-13)19-16(18-12)22-11-15(20)17-8-9-21-2/h3-7,10H,8-9,11H2,1-2H3,(H,17,20). The van der Waals surface area contributed by atoms with E-state index < -0.39 is 0 Å². The molecule has 6 heteroatoms. The van der Waals surface area contributed by atoms with E-state index in [9.17, 15) is 4.79 Å². The predicted octanol–water partition coefficient (Wildman–Crippen LogP) is 2.31. The number of ether oxygens (including phenoxy) is 1. The van der Waals surface area contributed by atoms with Crippen LogP contribution in [0.15, 0.2) is 41.6 Å². The third-order valence-corrected chi connectivity index (χ3v) is 3.71. The molecule has 1 aromatic heterocycles. The highest BCUT2D eigenvalue weighted by Gasteiger charge is 2.08. The van der Waals surface area contributed by atoms with Gasteiger partial charge < -0.3 is 10.1 Å². The topological polar surface area (TPSA) is 64.1 Å². The average molecular weight is 317 g/mol. The Kier molecular flexibility index (Phi) is 6.36. The van der Waals surface area contributed by atoms with E-state index in [1.54, 1.807) is 7.11 Å². The van der Waals surface area contributed by atoms with Gasteiger partial charge in [0, 0.05) is 24.9 Å². The second kappa shape index (κ2) is 8.51. The predicted molar refractivity (Wildman–Crippen MR) is 87.8 cm³/mol. The molecule has 0 bridgehead atoms. The average Bonchev–Trinajstić information content (AvgIpc) is 2.53.